The predicted molar refractivity (Wildman–Crippen MR) is 127 cm³/mol. The second-order valence-electron chi connectivity index (χ2n) is 9.66. The van der Waals surface area contributed by atoms with Crippen LogP contribution in [0.1, 0.15) is 114 Å². The van der Waals surface area contributed by atoms with Crippen molar-refractivity contribution in [3.63, 3.8) is 0 Å². The van der Waals surface area contributed by atoms with Crippen LogP contribution >= 0.6 is 0 Å². The van der Waals surface area contributed by atoms with Gasteiger partial charge in [-0.25, -0.2) is 4.79 Å². The molecule has 1 aromatic carbocycles. The Labute approximate surface area is 184 Å². The summed E-state index contributed by atoms with van der Waals surface area (Å²) in [4.78, 5) is 12.5. The van der Waals surface area contributed by atoms with Crippen LogP contribution in [-0.2, 0) is 4.74 Å². The van der Waals surface area contributed by atoms with Crippen LogP contribution in [0.4, 0.5) is 0 Å². The zero-order valence-electron chi connectivity index (χ0n) is 19.5. The van der Waals surface area contributed by atoms with Crippen molar-refractivity contribution in [1.29, 1.82) is 0 Å². The summed E-state index contributed by atoms with van der Waals surface area (Å²) in [5, 5.41) is 0. The Morgan fingerprint density at radius 3 is 2.23 bits per heavy atom. The van der Waals surface area contributed by atoms with E-state index < -0.39 is 0 Å². The van der Waals surface area contributed by atoms with E-state index >= 15 is 0 Å². The zero-order chi connectivity index (χ0) is 21.3. The molecule has 1 unspecified atom stereocenters. The fourth-order valence-corrected chi connectivity index (χ4v) is 5.28. The molecule has 0 N–H and O–H groups in total. The van der Waals surface area contributed by atoms with Gasteiger partial charge in [0.25, 0.3) is 0 Å². The average Bonchev–Trinajstić information content (AvgIpc) is 2.81. The largest absolute Gasteiger partial charge is 0.459 e. The summed E-state index contributed by atoms with van der Waals surface area (Å²) in [5.74, 6) is 2.43. The highest BCUT2D eigenvalue weighted by Gasteiger charge is 2.23. The number of ether oxygens (including phenoxy) is 1. The Balaban J connectivity index is 1.48. The van der Waals surface area contributed by atoms with Gasteiger partial charge in [0.15, 0.2) is 0 Å². The lowest BCUT2D eigenvalue weighted by Crippen LogP contribution is -2.24. The van der Waals surface area contributed by atoms with Crippen molar-refractivity contribution in [2.24, 2.45) is 17.8 Å². The van der Waals surface area contributed by atoms with E-state index in [1.54, 1.807) is 0 Å². The second-order valence-corrected chi connectivity index (χ2v) is 9.66. The van der Waals surface area contributed by atoms with Gasteiger partial charge in [0, 0.05) is 0 Å². The minimum atomic E-state index is -0.152. The monoisotopic (exact) mass is 410 g/mol. The van der Waals surface area contributed by atoms with Crippen LogP contribution in [0.15, 0.2) is 30.3 Å². The molecule has 0 bridgehead atoms. The van der Waals surface area contributed by atoms with Crippen molar-refractivity contribution < 1.29 is 9.53 Å². The van der Waals surface area contributed by atoms with Gasteiger partial charge in [0.2, 0.25) is 0 Å². The van der Waals surface area contributed by atoms with Crippen LogP contribution in [0.3, 0.4) is 0 Å². The molecule has 3 rings (SSSR count). The molecule has 0 radical (unpaired) electrons. The Hall–Kier alpha value is -1.57. The Morgan fingerprint density at radius 1 is 0.967 bits per heavy atom. The molecule has 0 aliphatic heterocycles. The molecule has 2 nitrogen and oxygen atoms in total. The molecular formula is C28H42O2. The van der Waals surface area contributed by atoms with Crippen LogP contribution in [0.2, 0.25) is 0 Å². The van der Waals surface area contributed by atoms with Crippen LogP contribution in [0.25, 0.3) is 5.57 Å². The van der Waals surface area contributed by atoms with E-state index in [9.17, 15) is 4.79 Å². The third-order valence-corrected chi connectivity index (χ3v) is 7.79. The number of benzene rings is 1. The summed E-state index contributed by atoms with van der Waals surface area (Å²) in [7, 11) is 0. The zero-order valence-corrected chi connectivity index (χ0v) is 19.5. The average molecular weight is 411 g/mol. The van der Waals surface area contributed by atoms with Gasteiger partial charge < -0.3 is 4.74 Å². The van der Waals surface area contributed by atoms with Gasteiger partial charge in [0.05, 0.1) is 5.56 Å². The number of carbonyl (C=O) groups excluding carboxylic acids is 1. The lowest BCUT2D eigenvalue weighted by atomic mass is 9.82. The number of allylic oxidation sites excluding steroid dienone is 2. The number of hydrogen-bond acceptors (Lipinski definition) is 2. The second kappa shape index (κ2) is 11.7. The fraction of sp³-hybridized carbons (Fsp3) is 0.679. The Morgan fingerprint density at radius 2 is 1.67 bits per heavy atom. The minimum absolute atomic E-state index is 0.109. The normalized spacial score (nSPS) is 24.5. The molecule has 0 spiro atoms. The van der Waals surface area contributed by atoms with Crippen molar-refractivity contribution in [2.45, 2.75) is 104 Å². The first-order chi connectivity index (χ1) is 14.6. The van der Waals surface area contributed by atoms with E-state index in [0.717, 1.165) is 37.0 Å². The summed E-state index contributed by atoms with van der Waals surface area (Å²) in [6, 6.07) is 8.13. The van der Waals surface area contributed by atoms with Gasteiger partial charge in [-0.1, -0.05) is 64.7 Å². The highest BCUT2D eigenvalue weighted by Crippen LogP contribution is 2.34. The van der Waals surface area contributed by atoms with E-state index in [1.165, 1.54) is 68.9 Å². The maximum absolute atomic E-state index is 12.5. The summed E-state index contributed by atoms with van der Waals surface area (Å²) < 4.78 is 5.78. The lowest BCUT2D eigenvalue weighted by molar-refractivity contribution is 0.0164. The minimum Gasteiger partial charge on any atom is -0.459 e. The molecular weight excluding hydrogens is 368 g/mol. The number of esters is 1. The Kier molecular flexibility index (Phi) is 9.03. The van der Waals surface area contributed by atoms with Gasteiger partial charge >= 0.3 is 5.97 Å². The van der Waals surface area contributed by atoms with Crippen molar-refractivity contribution in [1.82, 2.24) is 0 Å². The fourth-order valence-electron chi connectivity index (χ4n) is 5.28. The number of hydrogen-bond donors (Lipinski definition) is 0. The summed E-state index contributed by atoms with van der Waals surface area (Å²) in [6.45, 7) is 6.90. The quantitative estimate of drug-likeness (QED) is 0.383. The molecule has 30 heavy (non-hydrogen) atoms. The molecule has 0 amide bonds. The summed E-state index contributed by atoms with van der Waals surface area (Å²) >= 11 is 0. The first kappa shape index (κ1) is 23.1. The first-order valence-electron chi connectivity index (χ1n) is 12.6. The van der Waals surface area contributed by atoms with Gasteiger partial charge in [-0.2, -0.15) is 0 Å². The van der Waals surface area contributed by atoms with E-state index in [4.69, 9.17) is 4.74 Å². The molecule has 1 saturated carbocycles. The number of rotatable bonds is 9. The van der Waals surface area contributed by atoms with Gasteiger partial charge in [-0.15, -0.1) is 0 Å². The molecule has 0 aromatic heterocycles. The van der Waals surface area contributed by atoms with Crippen molar-refractivity contribution in [3.05, 3.63) is 41.5 Å². The topological polar surface area (TPSA) is 26.3 Å². The third kappa shape index (κ3) is 6.46. The van der Waals surface area contributed by atoms with Crippen LogP contribution < -0.4 is 0 Å². The maximum atomic E-state index is 12.5. The number of carbonyl (C=O) groups is 1. The van der Waals surface area contributed by atoms with E-state index in [-0.39, 0.29) is 12.1 Å². The smallest absolute Gasteiger partial charge is 0.338 e. The summed E-state index contributed by atoms with van der Waals surface area (Å²) in [6.07, 6.45) is 17.3. The van der Waals surface area contributed by atoms with Crippen molar-refractivity contribution >= 4 is 11.5 Å². The molecule has 1 atom stereocenters. The molecule has 166 valence electrons. The summed E-state index contributed by atoms with van der Waals surface area (Å²) in [5.41, 5.74) is 3.41. The highest BCUT2D eigenvalue weighted by atomic mass is 16.5. The highest BCUT2D eigenvalue weighted by molar-refractivity contribution is 5.90. The molecule has 2 aliphatic rings. The standard InChI is InChI=1S/C28H42O2/c1-4-21(5-2)7-8-23-9-13-24(14-10-23)25-15-17-26(18-16-25)28(29)30-27-19-11-22(6-3)12-20-27/h13,15-18,21-23,27H,4-12,14,19-20H2,1-3H3. The van der Waals surface area contributed by atoms with Gasteiger partial charge in [0.1, 0.15) is 6.10 Å². The van der Waals surface area contributed by atoms with Crippen LogP contribution in [0.5, 0.6) is 0 Å². The molecule has 0 heterocycles. The predicted octanol–water partition coefficient (Wildman–Crippen LogP) is 8.21. The molecule has 0 saturated heterocycles. The lowest BCUT2D eigenvalue weighted by Gasteiger charge is -2.27. The van der Waals surface area contributed by atoms with E-state index in [2.05, 4.69) is 39.0 Å². The van der Waals surface area contributed by atoms with Gasteiger partial charge in [-0.3, -0.25) is 0 Å². The molecule has 1 fully saturated rings. The van der Waals surface area contributed by atoms with Crippen molar-refractivity contribution in [3.8, 4) is 0 Å². The third-order valence-electron chi connectivity index (χ3n) is 7.79. The molecule has 2 heteroatoms. The molecule has 2 aliphatic carbocycles. The SMILES string of the molecule is CCC(CC)CCC1CC=C(c2ccc(C(=O)OC3CCC(CC)CC3)cc2)CC1. The van der Waals surface area contributed by atoms with Gasteiger partial charge in [-0.05, 0) is 92.4 Å². The van der Waals surface area contributed by atoms with Crippen LogP contribution in [0, 0.1) is 17.8 Å². The first-order valence-corrected chi connectivity index (χ1v) is 12.6. The molecule has 1 aromatic rings. The van der Waals surface area contributed by atoms with Crippen LogP contribution in [-0.4, -0.2) is 12.1 Å². The van der Waals surface area contributed by atoms with E-state index in [0.29, 0.717) is 5.56 Å². The van der Waals surface area contributed by atoms with E-state index in [1.807, 2.05) is 12.1 Å². The maximum Gasteiger partial charge on any atom is 0.338 e. The Bertz CT molecular complexity index is 675. The van der Waals surface area contributed by atoms with Crippen molar-refractivity contribution in [2.75, 3.05) is 0 Å².